The number of nitrogens with two attached hydrogens (primary N) is 1. The first kappa shape index (κ1) is 14.9. The van der Waals surface area contributed by atoms with Crippen molar-refractivity contribution in [3.63, 3.8) is 0 Å². The normalized spacial score (nSPS) is 49.6. The fourth-order valence-corrected chi connectivity index (χ4v) is 6.11. The lowest BCUT2D eigenvalue weighted by atomic mass is 9.52. The maximum atomic E-state index is 10.5. The molecule has 4 aliphatic rings. The van der Waals surface area contributed by atoms with Crippen LogP contribution in [0.15, 0.2) is 23.3 Å². The average molecular weight is 303 g/mol. The van der Waals surface area contributed by atoms with Crippen molar-refractivity contribution in [1.82, 2.24) is 0 Å². The third kappa shape index (κ3) is 1.68. The average Bonchev–Trinajstić information content (AvgIpc) is 2.70. The van der Waals surface area contributed by atoms with Crippen molar-refractivity contribution in [1.29, 1.82) is 0 Å². The van der Waals surface area contributed by atoms with Crippen LogP contribution < -0.4 is 5.73 Å². The summed E-state index contributed by atoms with van der Waals surface area (Å²) >= 11 is 0. The van der Waals surface area contributed by atoms with Crippen molar-refractivity contribution in [2.45, 2.75) is 70.6 Å². The minimum Gasteiger partial charge on any atom is -0.365 e. The van der Waals surface area contributed by atoms with Crippen LogP contribution in [-0.4, -0.2) is 22.0 Å². The number of hydrogen-bond acceptors (Lipinski definition) is 3. The molecule has 0 bridgehead atoms. The molecular formula is C19H29NO2. The van der Waals surface area contributed by atoms with E-state index < -0.39 is 11.2 Å². The summed E-state index contributed by atoms with van der Waals surface area (Å²) in [7, 11) is 0. The van der Waals surface area contributed by atoms with Gasteiger partial charge < -0.3 is 15.9 Å². The molecule has 0 aliphatic heterocycles. The van der Waals surface area contributed by atoms with E-state index in [1.165, 1.54) is 24.0 Å². The SMILES string of the molecule is C[C@]12CCC3=C(C(N)CC4CCC=C[C@]34C)[C@@H]1CCC2(O)O. The molecule has 0 saturated heterocycles. The van der Waals surface area contributed by atoms with Crippen LogP contribution in [0.1, 0.15) is 58.8 Å². The lowest BCUT2D eigenvalue weighted by Gasteiger charge is -2.54. The molecule has 1 saturated carbocycles. The standard InChI is InChI=1S/C19H29NO2/c1-17-8-4-3-5-12(17)11-15(20)16-13(17)6-9-18(2)14(16)7-10-19(18,21)22/h4,8,12,14-15,21-22H,3,5-7,9-11,20H2,1-2H3/t12?,14-,15?,17-,18-/m0/s1. The summed E-state index contributed by atoms with van der Waals surface area (Å²) in [5.41, 5.74) is 9.25. The van der Waals surface area contributed by atoms with Gasteiger partial charge in [0.15, 0.2) is 5.79 Å². The first-order chi connectivity index (χ1) is 10.3. The summed E-state index contributed by atoms with van der Waals surface area (Å²) in [5.74, 6) is -0.629. The van der Waals surface area contributed by atoms with Crippen molar-refractivity contribution < 1.29 is 10.2 Å². The second-order valence-electron chi connectivity index (χ2n) is 8.56. The van der Waals surface area contributed by atoms with Crippen molar-refractivity contribution in [3.05, 3.63) is 23.3 Å². The molecule has 0 spiro atoms. The van der Waals surface area contributed by atoms with Gasteiger partial charge in [0.05, 0.1) is 0 Å². The predicted octanol–water partition coefficient (Wildman–Crippen LogP) is 2.88. The van der Waals surface area contributed by atoms with E-state index in [9.17, 15) is 10.2 Å². The van der Waals surface area contributed by atoms with E-state index in [-0.39, 0.29) is 17.4 Å². The Morgan fingerprint density at radius 2 is 1.95 bits per heavy atom. The predicted molar refractivity (Wildman–Crippen MR) is 86.8 cm³/mol. The highest BCUT2D eigenvalue weighted by atomic mass is 16.5. The van der Waals surface area contributed by atoms with E-state index in [0.717, 1.165) is 25.7 Å². The van der Waals surface area contributed by atoms with Crippen LogP contribution in [-0.2, 0) is 0 Å². The van der Waals surface area contributed by atoms with Gasteiger partial charge in [-0.3, -0.25) is 0 Å². The molecule has 2 unspecified atom stereocenters. The smallest absolute Gasteiger partial charge is 0.168 e. The molecule has 22 heavy (non-hydrogen) atoms. The maximum Gasteiger partial charge on any atom is 0.168 e. The zero-order valence-electron chi connectivity index (χ0n) is 13.8. The lowest BCUT2D eigenvalue weighted by Crippen LogP contribution is -2.52. The fraction of sp³-hybridized carbons (Fsp3) is 0.789. The van der Waals surface area contributed by atoms with Gasteiger partial charge in [-0.15, -0.1) is 0 Å². The zero-order chi connectivity index (χ0) is 15.8. The number of fused-ring (bicyclic) bond motifs is 4. The summed E-state index contributed by atoms with van der Waals surface area (Å²) in [6.07, 6.45) is 11.4. The summed E-state index contributed by atoms with van der Waals surface area (Å²) in [6.45, 7) is 4.45. The van der Waals surface area contributed by atoms with Crippen LogP contribution in [0.4, 0.5) is 0 Å². The van der Waals surface area contributed by atoms with E-state index in [1.807, 2.05) is 0 Å². The van der Waals surface area contributed by atoms with Gasteiger partial charge in [0.2, 0.25) is 0 Å². The first-order valence-electron chi connectivity index (χ1n) is 8.91. The molecule has 5 atom stereocenters. The molecule has 0 aromatic heterocycles. The Kier molecular flexibility index (Phi) is 3.03. The van der Waals surface area contributed by atoms with Crippen molar-refractivity contribution >= 4 is 0 Å². The van der Waals surface area contributed by atoms with Gasteiger partial charge in [-0.2, -0.15) is 0 Å². The molecule has 3 heteroatoms. The highest BCUT2D eigenvalue weighted by Crippen LogP contribution is 2.64. The van der Waals surface area contributed by atoms with Gasteiger partial charge in [-0.05, 0) is 55.9 Å². The van der Waals surface area contributed by atoms with Gasteiger partial charge >= 0.3 is 0 Å². The van der Waals surface area contributed by atoms with Crippen molar-refractivity contribution in [3.8, 4) is 0 Å². The Labute approximate surface area is 133 Å². The second kappa shape index (κ2) is 4.46. The highest BCUT2D eigenvalue weighted by Gasteiger charge is 2.61. The van der Waals surface area contributed by atoms with E-state index in [4.69, 9.17) is 5.73 Å². The number of aliphatic hydroxyl groups is 2. The van der Waals surface area contributed by atoms with Gasteiger partial charge in [-0.25, -0.2) is 0 Å². The largest absolute Gasteiger partial charge is 0.365 e. The minimum absolute atomic E-state index is 0.109. The quantitative estimate of drug-likeness (QED) is 0.476. The molecule has 4 N–H and O–H groups in total. The molecule has 122 valence electrons. The highest BCUT2D eigenvalue weighted by molar-refractivity contribution is 5.41. The molecule has 1 fully saturated rings. The molecule has 4 rings (SSSR count). The van der Waals surface area contributed by atoms with Crippen LogP contribution in [0, 0.1) is 22.7 Å². The molecule has 0 radical (unpaired) electrons. The minimum atomic E-state index is -1.53. The summed E-state index contributed by atoms with van der Waals surface area (Å²) < 4.78 is 0. The van der Waals surface area contributed by atoms with Gasteiger partial charge in [0.1, 0.15) is 0 Å². The molecule has 0 aromatic rings. The van der Waals surface area contributed by atoms with E-state index in [1.54, 1.807) is 0 Å². The Hall–Kier alpha value is -0.640. The topological polar surface area (TPSA) is 66.5 Å². The number of hydrogen-bond donors (Lipinski definition) is 3. The Balaban J connectivity index is 1.85. The van der Waals surface area contributed by atoms with E-state index in [2.05, 4.69) is 26.0 Å². The van der Waals surface area contributed by atoms with E-state index >= 15 is 0 Å². The zero-order valence-corrected chi connectivity index (χ0v) is 13.8. The van der Waals surface area contributed by atoms with Crippen LogP contribution in [0.25, 0.3) is 0 Å². The maximum absolute atomic E-state index is 10.5. The molecule has 0 aromatic carbocycles. The third-order valence-corrected chi connectivity index (χ3v) is 7.67. The Morgan fingerprint density at radius 3 is 2.73 bits per heavy atom. The van der Waals surface area contributed by atoms with E-state index in [0.29, 0.717) is 12.3 Å². The molecule has 4 aliphatic carbocycles. The Morgan fingerprint density at radius 1 is 1.18 bits per heavy atom. The van der Waals surface area contributed by atoms with Crippen LogP contribution >= 0.6 is 0 Å². The second-order valence-corrected chi connectivity index (χ2v) is 8.56. The Bertz CT molecular complexity index is 564. The molecule has 0 heterocycles. The number of allylic oxidation sites excluding steroid dienone is 3. The molecule has 0 amide bonds. The van der Waals surface area contributed by atoms with Crippen LogP contribution in [0.3, 0.4) is 0 Å². The monoisotopic (exact) mass is 303 g/mol. The van der Waals surface area contributed by atoms with Gasteiger partial charge in [0, 0.05) is 23.3 Å². The van der Waals surface area contributed by atoms with Crippen LogP contribution in [0.5, 0.6) is 0 Å². The molecular weight excluding hydrogens is 274 g/mol. The summed E-state index contributed by atoms with van der Waals surface area (Å²) in [4.78, 5) is 0. The number of rotatable bonds is 0. The summed E-state index contributed by atoms with van der Waals surface area (Å²) in [6, 6.07) is 0.109. The van der Waals surface area contributed by atoms with Crippen LogP contribution in [0.2, 0.25) is 0 Å². The fourth-order valence-electron chi connectivity index (χ4n) is 6.11. The molecule has 3 nitrogen and oxygen atoms in total. The third-order valence-electron chi connectivity index (χ3n) is 7.67. The first-order valence-corrected chi connectivity index (χ1v) is 8.91. The van der Waals surface area contributed by atoms with Gasteiger partial charge in [0.25, 0.3) is 0 Å². The van der Waals surface area contributed by atoms with Crippen molar-refractivity contribution in [2.75, 3.05) is 0 Å². The van der Waals surface area contributed by atoms with Crippen molar-refractivity contribution in [2.24, 2.45) is 28.4 Å². The lowest BCUT2D eigenvalue weighted by molar-refractivity contribution is -0.231. The summed E-state index contributed by atoms with van der Waals surface area (Å²) in [5, 5.41) is 21.0. The van der Waals surface area contributed by atoms with Gasteiger partial charge in [-0.1, -0.05) is 31.6 Å².